The van der Waals surface area contributed by atoms with Crippen molar-refractivity contribution in [3.63, 3.8) is 0 Å². The summed E-state index contributed by atoms with van der Waals surface area (Å²) in [6, 6.07) is 12.9. The van der Waals surface area contributed by atoms with Gasteiger partial charge in [0, 0.05) is 5.41 Å². The van der Waals surface area contributed by atoms with Crippen molar-refractivity contribution in [2.75, 3.05) is 6.61 Å². The zero-order valence-corrected chi connectivity index (χ0v) is 27.4. The van der Waals surface area contributed by atoms with Gasteiger partial charge in [0.25, 0.3) is 0 Å². The van der Waals surface area contributed by atoms with Gasteiger partial charge in [0.1, 0.15) is 0 Å². The molecule has 5 aliphatic carbocycles. The number of aryl methyl sites for hydroxylation is 2. The Kier molecular flexibility index (Phi) is 9.83. The lowest BCUT2D eigenvalue weighted by Crippen LogP contribution is -2.31. The first kappa shape index (κ1) is 31.8. The Hall–Kier alpha value is -3.80. The van der Waals surface area contributed by atoms with Gasteiger partial charge in [-0.05, 0) is 110 Å². The fourth-order valence-electron chi connectivity index (χ4n) is 8.15. The van der Waals surface area contributed by atoms with Crippen molar-refractivity contribution in [3.8, 4) is 0 Å². The van der Waals surface area contributed by atoms with Crippen LogP contribution in [0.2, 0.25) is 0 Å². The number of allylic oxidation sites excluding steroid dienone is 5. The maximum absolute atomic E-state index is 11.8. The van der Waals surface area contributed by atoms with E-state index in [9.17, 15) is 9.90 Å². The molecule has 2 unspecified atom stereocenters. The molecule has 0 saturated heterocycles. The number of carboxylic acids is 1. The Morgan fingerprint density at radius 2 is 1.55 bits per heavy atom. The summed E-state index contributed by atoms with van der Waals surface area (Å²) in [6.07, 6.45) is 31.8. The molecule has 5 aliphatic rings. The molecule has 0 radical (unpaired) electrons. The first-order valence-corrected chi connectivity index (χ1v) is 17.7. The van der Waals surface area contributed by atoms with Crippen LogP contribution < -0.4 is 0 Å². The molecule has 5 heteroatoms. The summed E-state index contributed by atoms with van der Waals surface area (Å²) < 4.78 is 12.8. The Morgan fingerprint density at radius 1 is 0.830 bits per heavy atom. The molecule has 1 aromatic carbocycles. The van der Waals surface area contributed by atoms with Gasteiger partial charge in [0.2, 0.25) is 0 Å². The maximum Gasteiger partial charge on any atom is 0.306 e. The van der Waals surface area contributed by atoms with E-state index in [1.165, 1.54) is 33.4 Å². The minimum atomic E-state index is -0.646. The van der Waals surface area contributed by atoms with Crippen LogP contribution >= 0.6 is 0 Å². The standard InChI is InChI=1S/C42H47NO4/c44-41(45)33-10-5-25-42(26-6-11-33,35-16-21-38(22-17-35)46-28-30-13-14-31-7-1-2-9-34(31)27-30)36-18-23-39(24-19-36)47-29-37-20-15-32-8-3-4-12-40(32)43-37/h1-2,4,7,9,12,15-21,23,27,33,38-39H,3,5-6,8,10-11,13-14,22,24-26,28-29H2,(H,44,45). The van der Waals surface area contributed by atoms with Gasteiger partial charge >= 0.3 is 5.97 Å². The van der Waals surface area contributed by atoms with Crippen LogP contribution in [0.4, 0.5) is 0 Å². The van der Waals surface area contributed by atoms with Crippen molar-refractivity contribution in [2.45, 2.75) is 95.9 Å². The molecule has 244 valence electrons. The summed E-state index contributed by atoms with van der Waals surface area (Å²) >= 11 is 0. The molecular formula is C42H47NO4. The van der Waals surface area contributed by atoms with Crippen LogP contribution in [0.25, 0.3) is 12.2 Å². The number of pyridine rings is 1. The molecule has 5 nitrogen and oxygen atoms in total. The van der Waals surface area contributed by atoms with Crippen LogP contribution in [-0.4, -0.2) is 34.9 Å². The monoisotopic (exact) mass is 629 g/mol. The summed E-state index contributed by atoms with van der Waals surface area (Å²) in [7, 11) is 0. The third kappa shape index (κ3) is 7.37. The number of benzene rings is 1. The molecule has 0 spiro atoms. The molecule has 7 rings (SSSR count). The predicted octanol–water partition coefficient (Wildman–Crippen LogP) is 9.16. The highest BCUT2D eigenvalue weighted by Crippen LogP contribution is 2.50. The molecular weight excluding hydrogens is 582 g/mol. The summed E-state index contributed by atoms with van der Waals surface area (Å²) in [6.45, 7) is 1.17. The van der Waals surface area contributed by atoms with Gasteiger partial charge in [0.05, 0.1) is 42.7 Å². The summed E-state index contributed by atoms with van der Waals surface area (Å²) in [5.74, 6) is -0.879. The first-order valence-electron chi connectivity index (χ1n) is 17.7. The van der Waals surface area contributed by atoms with Gasteiger partial charge in [-0.1, -0.05) is 91.8 Å². The number of fused-ring (bicyclic) bond motifs is 2. The Bertz CT molecular complexity index is 1650. The van der Waals surface area contributed by atoms with E-state index < -0.39 is 5.97 Å². The highest BCUT2D eigenvalue weighted by molar-refractivity contribution is 5.70. The quantitative estimate of drug-likeness (QED) is 0.300. The SMILES string of the molecule is O=C(O)C1CCCC(C2=CCC(OCC3=Cc4ccccc4CC3)C=C2)(C2=CCC(OCc3ccc4c(n3)C=CCC4)C=C2)CCC1. The fraction of sp³-hybridized carbons (Fsp3) is 0.429. The molecule has 1 fully saturated rings. The average molecular weight is 630 g/mol. The maximum atomic E-state index is 11.8. The van der Waals surface area contributed by atoms with Crippen molar-refractivity contribution in [1.82, 2.24) is 4.98 Å². The van der Waals surface area contributed by atoms with E-state index in [1.54, 1.807) is 0 Å². The average Bonchev–Trinajstić information content (AvgIpc) is 3.10. The molecule has 1 aromatic heterocycles. The van der Waals surface area contributed by atoms with Crippen molar-refractivity contribution in [3.05, 3.63) is 124 Å². The van der Waals surface area contributed by atoms with Crippen LogP contribution in [0.3, 0.4) is 0 Å². The Labute approximate surface area is 279 Å². The highest BCUT2D eigenvalue weighted by Gasteiger charge is 2.39. The zero-order valence-electron chi connectivity index (χ0n) is 27.4. The Balaban J connectivity index is 1.01. The lowest BCUT2D eigenvalue weighted by Gasteiger charge is -2.41. The van der Waals surface area contributed by atoms with E-state index in [0.717, 1.165) is 88.4 Å². The van der Waals surface area contributed by atoms with E-state index in [1.807, 2.05) is 0 Å². The van der Waals surface area contributed by atoms with E-state index in [0.29, 0.717) is 13.2 Å². The van der Waals surface area contributed by atoms with E-state index in [-0.39, 0.29) is 23.5 Å². The summed E-state index contributed by atoms with van der Waals surface area (Å²) in [5, 5.41) is 9.74. The number of carbonyl (C=O) groups is 1. The number of hydrogen-bond acceptors (Lipinski definition) is 4. The van der Waals surface area contributed by atoms with Crippen LogP contribution in [0, 0.1) is 11.3 Å². The number of aromatic nitrogens is 1. The van der Waals surface area contributed by atoms with Gasteiger partial charge in [-0.2, -0.15) is 0 Å². The van der Waals surface area contributed by atoms with Gasteiger partial charge in [-0.25, -0.2) is 0 Å². The van der Waals surface area contributed by atoms with Crippen LogP contribution in [0.1, 0.15) is 92.3 Å². The smallest absolute Gasteiger partial charge is 0.306 e. The second-order valence-electron chi connectivity index (χ2n) is 13.9. The summed E-state index contributed by atoms with van der Waals surface area (Å²) in [4.78, 5) is 16.7. The lowest BCUT2D eigenvalue weighted by atomic mass is 9.63. The van der Waals surface area contributed by atoms with E-state index >= 15 is 0 Å². The van der Waals surface area contributed by atoms with E-state index in [2.05, 4.69) is 91.1 Å². The van der Waals surface area contributed by atoms with Crippen LogP contribution in [0.15, 0.2) is 95.6 Å². The number of nitrogens with zero attached hydrogens (tertiary/aromatic N) is 1. The molecule has 1 heterocycles. The number of aliphatic carboxylic acids is 1. The first-order chi connectivity index (χ1) is 23.1. The third-order valence-corrected chi connectivity index (χ3v) is 10.9. The minimum Gasteiger partial charge on any atom is -0.481 e. The molecule has 0 bridgehead atoms. The molecule has 2 atom stereocenters. The normalized spacial score (nSPS) is 27.1. The topological polar surface area (TPSA) is 68.7 Å². The number of hydrogen-bond donors (Lipinski definition) is 1. The molecule has 0 aliphatic heterocycles. The second kappa shape index (κ2) is 14.5. The third-order valence-electron chi connectivity index (χ3n) is 10.9. The number of carboxylic acid groups (broad SMARTS) is 1. The second-order valence-corrected chi connectivity index (χ2v) is 13.9. The largest absolute Gasteiger partial charge is 0.481 e. The number of rotatable bonds is 9. The molecule has 1 saturated carbocycles. The van der Waals surface area contributed by atoms with Crippen molar-refractivity contribution < 1.29 is 19.4 Å². The van der Waals surface area contributed by atoms with Crippen molar-refractivity contribution in [1.29, 1.82) is 0 Å². The van der Waals surface area contributed by atoms with Gasteiger partial charge in [-0.3, -0.25) is 9.78 Å². The lowest BCUT2D eigenvalue weighted by molar-refractivity contribution is -0.142. The zero-order chi connectivity index (χ0) is 32.1. The summed E-state index contributed by atoms with van der Waals surface area (Å²) in [5.41, 5.74) is 10.1. The Morgan fingerprint density at radius 3 is 2.26 bits per heavy atom. The fourth-order valence-corrected chi connectivity index (χ4v) is 8.15. The van der Waals surface area contributed by atoms with Crippen molar-refractivity contribution >= 4 is 18.1 Å². The molecule has 2 aromatic rings. The van der Waals surface area contributed by atoms with Gasteiger partial charge in [-0.15, -0.1) is 0 Å². The van der Waals surface area contributed by atoms with Gasteiger partial charge < -0.3 is 14.6 Å². The van der Waals surface area contributed by atoms with Gasteiger partial charge in [0.15, 0.2) is 0 Å². The highest BCUT2D eigenvalue weighted by atomic mass is 16.5. The van der Waals surface area contributed by atoms with Crippen LogP contribution in [0.5, 0.6) is 0 Å². The van der Waals surface area contributed by atoms with Crippen molar-refractivity contribution in [2.24, 2.45) is 11.3 Å². The number of ether oxygens (including phenoxy) is 2. The molecule has 47 heavy (non-hydrogen) atoms. The van der Waals surface area contributed by atoms with E-state index in [4.69, 9.17) is 14.5 Å². The molecule has 0 amide bonds. The minimum absolute atomic E-state index is 0.0174. The predicted molar refractivity (Wildman–Crippen MR) is 188 cm³/mol. The van der Waals surface area contributed by atoms with Crippen LogP contribution in [-0.2, 0) is 33.7 Å². The molecule has 1 N–H and O–H groups in total.